The van der Waals surface area contributed by atoms with Crippen LogP contribution in [0, 0.1) is 0 Å². The highest BCUT2D eigenvalue weighted by Crippen LogP contribution is 2.07. The van der Waals surface area contributed by atoms with Crippen LogP contribution in [0.25, 0.3) is 6.08 Å². The van der Waals surface area contributed by atoms with E-state index in [4.69, 9.17) is 4.84 Å². The third-order valence-corrected chi connectivity index (χ3v) is 1.66. The Morgan fingerprint density at radius 2 is 2.33 bits per heavy atom. The molecule has 1 aromatic heterocycles. The average Bonchev–Trinajstić information content (AvgIpc) is 2.19. The first-order valence-corrected chi connectivity index (χ1v) is 4.84. The lowest BCUT2D eigenvalue weighted by Crippen LogP contribution is -2.05. The topological polar surface area (TPSA) is 59.1 Å². The Kier molecular flexibility index (Phi) is 4.56. The molecule has 0 saturated heterocycles. The normalized spacial score (nSPS) is 11.3. The molecule has 0 amide bonds. The third kappa shape index (κ3) is 3.95. The SMILES string of the molecule is CCNc1cc(/C=C(\C)ONC)ncn1. The molecule has 0 saturated carbocycles. The summed E-state index contributed by atoms with van der Waals surface area (Å²) in [6.45, 7) is 4.71. The molecule has 5 nitrogen and oxygen atoms in total. The number of rotatable bonds is 5. The first-order valence-electron chi connectivity index (χ1n) is 4.84. The van der Waals surface area contributed by atoms with Gasteiger partial charge in [-0.1, -0.05) is 0 Å². The minimum absolute atomic E-state index is 0.749. The highest BCUT2D eigenvalue weighted by molar-refractivity contribution is 5.51. The summed E-state index contributed by atoms with van der Waals surface area (Å²) in [6, 6.07) is 1.87. The van der Waals surface area contributed by atoms with Crippen molar-refractivity contribution in [1.82, 2.24) is 15.4 Å². The van der Waals surface area contributed by atoms with Crippen LogP contribution in [-0.4, -0.2) is 23.6 Å². The first kappa shape index (κ1) is 11.5. The van der Waals surface area contributed by atoms with Gasteiger partial charge in [0.05, 0.1) is 5.69 Å². The first-order chi connectivity index (χ1) is 7.26. The zero-order valence-electron chi connectivity index (χ0n) is 9.24. The Labute approximate surface area is 89.5 Å². The van der Waals surface area contributed by atoms with E-state index in [1.807, 2.05) is 26.0 Å². The third-order valence-electron chi connectivity index (χ3n) is 1.66. The van der Waals surface area contributed by atoms with Crippen LogP contribution < -0.4 is 10.8 Å². The van der Waals surface area contributed by atoms with Gasteiger partial charge in [-0.05, 0) is 13.8 Å². The van der Waals surface area contributed by atoms with Crippen molar-refractivity contribution < 1.29 is 4.84 Å². The van der Waals surface area contributed by atoms with Crippen molar-refractivity contribution in [3.05, 3.63) is 23.8 Å². The summed E-state index contributed by atoms with van der Waals surface area (Å²) >= 11 is 0. The fourth-order valence-corrected chi connectivity index (χ4v) is 1.13. The predicted octanol–water partition coefficient (Wildman–Crippen LogP) is 1.42. The van der Waals surface area contributed by atoms with E-state index in [0.29, 0.717) is 0 Å². The molecule has 2 N–H and O–H groups in total. The zero-order chi connectivity index (χ0) is 11.1. The smallest absolute Gasteiger partial charge is 0.129 e. The molecule has 1 rings (SSSR count). The summed E-state index contributed by atoms with van der Waals surface area (Å²) in [7, 11) is 1.71. The molecule has 5 heteroatoms. The molecule has 0 radical (unpaired) electrons. The Hall–Kier alpha value is -1.62. The van der Waals surface area contributed by atoms with Gasteiger partial charge in [0, 0.05) is 25.7 Å². The zero-order valence-corrected chi connectivity index (χ0v) is 9.24. The number of nitrogens with one attached hydrogen (secondary N) is 2. The number of nitrogens with zero attached hydrogens (tertiary/aromatic N) is 2. The molecule has 0 unspecified atom stereocenters. The van der Waals surface area contributed by atoms with E-state index in [0.717, 1.165) is 23.8 Å². The van der Waals surface area contributed by atoms with E-state index >= 15 is 0 Å². The predicted molar refractivity (Wildman–Crippen MR) is 60.0 cm³/mol. The van der Waals surface area contributed by atoms with Gasteiger partial charge >= 0.3 is 0 Å². The van der Waals surface area contributed by atoms with Gasteiger partial charge in [-0.3, -0.25) is 0 Å². The van der Waals surface area contributed by atoms with Crippen LogP contribution in [0.4, 0.5) is 5.82 Å². The van der Waals surface area contributed by atoms with E-state index in [2.05, 4.69) is 20.8 Å². The van der Waals surface area contributed by atoms with E-state index in [1.54, 1.807) is 7.05 Å². The van der Waals surface area contributed by atoms with Crippen molar-refractivity contribution in [1.29, 1.82) is 0 Å². The molecule has 0 bridgehead atoms. The molecule has 0 aromatic carbocycles. The Balaban J connectivity index is 2.76. The van der Waals surface area contributed by atoms with Crippen LogP contribution >= 0.6 is 0 Å². The minimum Gasteiger partial charge on any atom is -0.414 e. The number of hydrogen-bond acceptors (Lipinski definition) is 5. The second kappa shape index (κ2) is 5.98. The molecule has 0 aliphatic rings. The summed E-state index contributed by atoms with van der Waals surface area (Å²) in [5, 5.41) is 3.12. The van der Waals surface area contributed by atoms with Gasteiger partial charge in [0.2, 0.25) is 0 Å². The monoisotopic (exact) mass is 208 g/mol. The van der Waals surface area contributed by atoms with Crippen LogP contribution in [0.3, 0.4) is 0 Å². The Morgan fingerprint density at radius 3 is 3.00 bits per heavy atom. The van der Waals surface area contributed by atoms with Crippen molar-refractivity contribution in [3.63, 3.8) is 0 Å². The molecule has 0 aliphatic carbocycles. The Bertz CT molecular complexity index is 338. The lowest BCUT2D eigenvalue weighted by atomic mass is 10.3. The second-order valence-corrected chi connectivity index (χ2v) is 2.92. The molecular weight excluding hydrogens is 192 g/mol. The maximum atomic E-state index is 5.08. The fourth-order valence-electron chi connectivity index (χ4n) is 1.13. The van der Waals surface area contributed by atoms with Crippen LogP contribution in [0.2, 0.25) is 0 Å². The van der Waals surface area contributed by atoms with Crippen molar-refractivity contribution in [2.45, 2.75) is 13.8 Å². The van der Waals surface area contributed by atoms with E-state index in [-0.39, 0.29) is 0 Å². The minimum atomic E-state index is 0.749. The van der Waals surface area contributed by atoms with Crippen molar-refractivity contribution in [2.75, 3.05) is 18.9 Å². The molecule has 1 heterocycles. The van der Waals surface area contributed by atoms with Gasteiger partial charge in [-0.2, -0.15) is 5.48 Å². The van der Waals surface area contributed by atoms with E-state index in [9.17, 15) is 0 Å². The molecule has 15 heavy (non-hydrogen) atoms. The molecule has 0 spiro atoms. The molecule has 0 atom stereocenters. The molecule has 0 fully saturated rings. The summed E-state index contributed by atoms with van der Waals surface area (Å²) in [5.41, 5.74) is 3.41. The summed E-state index contributed by atoms with van der Waals surface area (Å²) < 4.78 is 0. The van der Waals surface area contributed by atoms with Crippen molar-refractivity contribution >= 4 is 11.9 Å². The number of anilines is 1. The fraction of sp³-hybridized carbons (Fsp3) is 0.400. The van der Waals surface area contributed by atoms with Crippen molar-refractivity contribution in [2.24, 2.45) is 0 Å². The highest BCUT2D eigenvalue weighted by atomic mass is 16.6. The number of hydrogen-bond donors (Lipinski definition) is 2. The van der Waals surface area contributed by atoms with Gasteiger partial charge in [0.15, 0.2) is 0 Å². The highest BCUT2D eigenvalue weighted by Gasteiger charge is 1.96. The molecular formula is C10H16N4O. The standard InChI is InChI=1S/C10H16N4O/c1-4-12-10-6-9(13-7-14-10)5-8(2)15-11-3/h5-7,11H,4H2,1-3H3,(H,12,13,14)/b8-5+. The van der Waals surface area contributed by atoms with E-state index < -0.39 is 0 Å². The van der Waals surface area contributed by atoms with Gasteiger partial charge in [-0.15, -0.1) is 0 Å². The summed E-state index contributed by atoms with van der Waals surface area (Å²) in [6.07, 6.45) is 3.36. The van der Waals surface area contributed by atoms with Crippen molar-refractivity contribution in [3.8, 4) is 0 Å². The second-order valence-electron chi connectivity index (χ2n) is 2.92. The van der Waals surface area contributed by atoms with E-state index in [1.165, 1.54) is 6.33 Å². The lowest BCUT2D eigenvalue weighted by Gasteiger charge is -2.04. The number of aromatic nitrogens is 2. The maximum absolute atomic E-state index is 5.08. The molecule has 1 aromatic rings. The lowest BCUT2D eigenvalue weighted by molar-refractivity contribution is 0.131. The van der Waals surface area contributed by atoms with Gasteiger partial charge < -0.3 is 10.2 Å². The van der Waals surface area contributed by atoms with Crippen LogP contribution in [0.1, 0.15) is 19.5 Å². The maximum Gasteiger partial charge on any atom is 0.129 e. The van der Waals surface area contributed by atoms with Crippen LogP contribution in [-0.2, 0) is 4.84 Å². The van der Waals surface area contributed by atoms with Gasteiger partial charge in [-0.25, -0.2) is 9.97 Å². The average molecular weight is 208 g/mol. The molecule has 0 aliphatic heterocycles. The number of hydroxylamine groups is 1. The Morgan fingerprint density at radius 1 is 1.53 bits per heavy atom. The van der Waals surface area contributed by atoms with Crippen LogP contribution in [0.5, 0.6) is 0 Å². The van der Waals surface area contributed by atoms with Gasteiger partial charge in [0.1, 0.15) is 17.9 Å². The summed E-state index contributed by atoms with van der Waals surface area (Å²) in [5.74, 6) is 1.56. The molecule has 82 valence electrons. The quantitative estimate of drug-likeness (QED) is 0.566. The largest absolute Gasteiger partial charge is 0.414 e. The van der Waals surface area contributed by atoms with Crippen LogP contribution in [0.15, 0.2) is 18.2 Å². The van der Waals surface area contributed by atoms with Gasteiger partial charge in [0.25, 0.3) is 0 Å². The number of allylic oxidation sites excluding steroid dienone is 1. The summed E-state index contributed by atoms with van der Waals surface area (Å²) in [4.78, 5) is 13.3.